The molecule has 22 heavy (non-hydrogen) atoms. The molecule has 0 saturated heterocycles. The zero-order valence-electron chi connectivity index (χ0n) is 12.8. The lowest BCUT2D eigenvalue weighted by molar-refractivity contribution is 0.561. The van der Waals surface area contributed by atoms with E-state index in [1.54, 1.807) is 0 Å². The van der Waals surface area contributed by atoms with Gasteiger partial charge in [0.2, 0.25) is 0 Å². The Hall–Kier alpha value is -1.30. The molecule has 0 spiro atoms. The molecule has 0 fully saturated rings. The normalized spacial score (nSPS) is 14.0. The minimum atomic E-state index is -1.37. The van der Waals surface area contributed by atoms with Crippen molar-refractivity contribution in [2.24, 2.45) is 4.40 Å². The van der Waals surface area contributed by atoms with Crippen molar-refractivity contribution in [2.75, 3.05) is 5.73 Å². The Morgan fingerprint density at radius 3 is 2.41 bits per heavy atom. The van der Waals surface area contributed by atoms with Crippen LogP contribution in [0.2, 0.25) is 0 Å². The van der Waals surface area contributed by atoms with Gasteiger partial charge in [0.05, 0.1) is 0 Å². The van der Waals surface area contributed by atoms with Crippen molar-refractivity contribution in [1.82, 2.24) is 0 Å². The molecule has 0 aliphatic heterocycles. The number of para-hydroxylation sites is 1. The summed E-state index contributed by atoms with van der Waals surface area (Å²) in [5.41, 5.74) is 9.02. The lowest BCUT2D eigenvalue weighted by Gasteiger charge is -2.20. The van der Waals surface area contributed by atoms with E-state index in [4.69, 9.17) is 5.73 Å². The zero-order valence-corrected chi connectivity index (χ0v) is 15.2. The maximum atomic E-state index is 12.5. The predicted octanol–water partition coefficient (Wildman–Crippen LogP) is 4.33. The summed E-state index contributed by atoms with van der Waals surface area (Å²) in [5.74, 6) is 0. The number of benzene rings is 2. The van der Waals surface area contributed by atoms with E-state index in [9.17, 15) is 4.55 Å². The number of rotatable bonds is 3. The van der Waals surface area contributed by atoms with Gasteiger partial charge in [0, 0.05) is 21.3 Å². The standard InChI is InChI=1S/C17H19BrN2OS/c1-17(2,3)22(21)20-16(12-7-6-8-13(18)11-12)14-9-4-5-10-15(14)19/h4-11H,19H2,1-3H3/b20-16+. The van der Waals surface area contributed by atoms with E-state index in [1.807, 2.05) is 69.3 Å². The second-order valence-corrected chi connectivity index (χ2v) is 8.72. The molecule has 2 aromatic rings. The minimum absolute atomic E-state index is 0.430. The van der Waals surface area contributed by atoms with Crippen LogP contribution in [0, 0.1) is 0 Å². The van der Waals surface area contributed by atoms with Gasteiger partial charge in [0.1, 0.15) is 21.8 Å². The fourth-order valence-electron chi connectivity index (χ4n) is 1.83. The molecule has 3 nitrogen and oxygen atoms in total. The van der Waals surface area contributed by atoms with E-state index in [2.05, 4.69) is 20.3 Å². The van der Waals surface area contributed by atoms with Crippen LogP contribution in [0.3, 0.4) is 0 Å². The van der Waals surface area contributed by atoms with E-state index in [1.165, 1.54) is 0 Å². The van der Waals surface area contributed by atoms with Crippen LogP contribution < -0.4 is 5.73 Å². The Bertz CT molecular complexity index is 695. The number of halogens is 1. The van der Waals surface area contributed by atoms with Crippen LogP contribution in [-0.2, 0) is 11.4 Å². The number of hydrogen-bond donors (Lipinski definition) is 1. The Labute approximate surface area is 143 Å². The van der Waals surface area contributed by atoms with Crippen LogP contribution in [0.4, 0.5) is 5.69 Å². The van der Waals surface area contributed by atoms with Crippen molar-refractivity contribution in [3.05, 3.63) is 64.1 Å². The van der Waals surface area contributed by atoms with Gasteiger partial charge in [-0.15, -0.1) is 0 Å². The first kappa shape index (κ1) is 17.1. The Morgan fingerprint density at radius 2 is 1.82 bits per heavy atom. The molecule has 2 rings (SSSR count). The Kier molecular flexibility index (Phi) is 5.32. The van der Waals surface area contributed by atoms with Crippen molar-refractivity contribution in [3.63, 3.8) is 0 Å². The van der Waals surface area contributed by atoms with Gasteiger partial charge >= 0.3 is 0 Å². The highest BCUT2D eigenvalue weighted by atomic mass is 79.9. The second-order valence-electron chi connectivity index (χ2n) is 5.90. The molecule has 0 aliphatic rings. The monoisotopic (exact) mass is 378 g/mol. The van der Waals surface area contributed by atoms with Crippen LogP contribution in [0.5, 0.6) is 0 Å². The quantitative estimate of drug-likeness (QED) is 0.490. The third-order valence-electron chi connectivity index (χ3n) is 3.01. The number of nitrogens with two attached hydrogens (primary N) is 1. The molecule has 0 aliphatic carbocycles. The van der Waals surface area contributed by atoms with Crippen LogP contribution in [-0.4, -0.2) is 15.0 Å². The first-order chi connectivity index (χ1) is 10.3. The second kappa shape index (κ2) is 6.86. The van der Waals surface area contributed by atoms with Crippen molar-refractivity contribution in [2.45, 2.75) is 25.5 Å². The largest absolute Gasteiger partial charge is 0.591 e. The summed E-state index contributed by atoms with van der Waals surface area (Å²) in [6.45, 7) is 5.71. The SMILES string of the molecule is CC(C)(C)[S+]([O-])/N=C(\c1cccc(Br)c1)c1ccccc1N. The molecule has 0 bridgehead atoms. The van der Waals surface area contributed by atoms with Crippen LogP contribution >= 0.6 is 15.9 Å². The average Bonchev–Trinajstić information content (AvgIpc) is 2.44. The lowest BCUT2D eigenvalue weighted by Crippen LogP contribution is -2.27. The van der Waals surface area contributed by atoms with E-state index < -0.39 is 16.1 Å². The van der Waals surface area contributed by atoms with Gasteiger partial charge in [-0.3, -0.25) is 0 Å². The molecule has 0 aromatic heterocycles. The van der Waals surface area contributed by atoms with E-state index in [0.717, 1.165) is 15.6 Å². The summed E-state index contributed by atoms with van der Waals surface area (Å²) >= 11 is 2.10. The predicted molar refractivity (Wildman–Crippen MR) is 98.5 cm³/mol. The van der Waals surface area contributed by atoms with Crippen LogP contribution in [0.15, 0.2) is 57.4 Å². The summed E-state index contributed by atoms with van der Waals surface area (Å²) < 4.78 is 17.5. The minimum Gasteiger partial charge on any atom is -0.591 e. The molecule has 0 saturated carbocycles. The number of anilines is 1. The summed E-state index contributed by atoms with van der Waals surface area (Å²) in [6.07, 6.45) is 0. The average molecular weight is 379 g/mol. The fourth-order valence-corrected chi connectivity index (χ4v) is 2.87. The molecular formula is C17H19BrN2OS. The molecule has 1 unspecified atom stereocenters. The third kappa shape index (κ3) is 4.12. The van der Waals surface area contributed by atoms with E-state index in [0.29, 0.717) is 11.4 Å². The summed E-state index contributed by atoms with van der Waals surface area (Å²) in [4.78, 5) is 0. The maximum Gasteiger partial charge on any atom is 0.144 e. The summed E-state index contributed by atoms with van der Waals surface area (Å²) in [7, 11) is 0. The molecule has 1 atom stereocenters. The summed E-state index contributed by atoms with van der Waals surface area (Å²) in [6, 6.07) is 15.3. The molecule has 2 aromatic carbocycles. The van der Waals surface area contributed by atoms with Crippen molar-refractivity contribution in [1.29, 1.82) is 0 Å². The van der Waals surface area contributed by atoms with Crippen LogP contribution in [0.1, 0.15) is 31.9 Å². The maximum absolute atomic E-state index is 12.5. The van der Waals surface area contributed by atoms with Gasteiger partial charge in [-0.25, -0.2) is 0 Å². The topological polar surface area (TPSA) is 61.4 Å². The molecular weight excluding hydrogens is 360 g/mol. The van der Waals surface area contributed by atoms with Crippen molar-refractivity contribution in [3.8, 4) is 0 Å². The van der Waals surface area contributed by atoms with Gasteiger partial charge in [0.25, 0.3) is 0 Å². The van der Waals surface area contributed by atoms with Gasteiger partial charge < -0.3 is 10.3 Å². The van der Waals surface area contributed by atoms with Gasteiger partial charge in [-0.2, -0.15) is 0 Å². The highest BCUT2D eigenvalue weighted by Crippen LogP contribution is 2.24. The van der Waals surface area contributed by atoms with Gasteiger partial charge in [-0.1, -0.05) is 50.7 Å². The summed E-state index contributed by atoms with van der Waals surface area (Å²) in [5, 5.41) is 0. The number of nitrogens with zero attached hydrogens (tertiary/aromatic N) is 1. The first-order valence-corrected chi connectivity index (χ1v) is 8.80. The molecule has 0 amide bonds. The third-order valence-corrected chi connectivity index (χ3v) is 4.90. The molecule has 0 radical (unpaired) electrons. The fraction of sp³-hybridized carbons (Fsp3) is 0.235. The number of nitrogen functional groups attached to an aromatic ring is 1. The van der Waals surface area contributed by atoms with Crippen molar-refractivity contribution >= 4 is 38.7 Å². The Balaban J connectivity index is 2.60. The zero-order chi connectivity index (χ0) is 16.3. The highest BCUT2D eigenvalue weighted by Gasteiger charge is 2.28. The first-order valence-electron chi connectivity index (χ1n) is 6.90. The molecule has 116 valence electrons. The van der Waals surface area contributed by atoms with Crippen molar-refractivity contribution < 1.29 is 4.55 Å². The number of hydrogen-bond acceptors (Lipinski definition) is 3. The molecule has 2 N–H and O–H groups in total. The van der Waals surface area contributed by atoms with E-state index >= 15 is 0 Å². The molecule has 0 heterocycles. The molecule has 5 heteroatoms. The van der Waals surface area contributed by atoms with Gasteiger partial charge in [-0.05, 0) is 39.0 Å². The smallest absolute Gasteiger partial charge is 0.144 e. The lowest BCUT2D eigenvalue weighted by atomic mass is 10.0. The Morgan fingerprint density at radius 1 is 1.14 bits per heavy atom. The van der Waals surface area contributed by atoms with E-state index in [-0.39, 0.29) is 0 Å². The van der Waals surface area contributed by atoms with Gasteiger partial charge in [0.15, 0.2) is 0 Å². The van der Waals surface area contributed by atoms with Crippen LogP contribution in [0.25, 0.3) is 0 Å². The highest BCUT2D eigenvalue weighted by molar-refractivity contribution is 9.10.